The number of nitrogens with zero attached hydrogens (tertiary/aromatic N) is 1. The molecule has 0 radical (unpaired) electrons. The number of piperidine rings is 2. The number of likely N-dealkylation sites (tertiary alicyclic amines) is 1. The van der Waals surface area contributed by atoms with Crippen LogP contribution < -0.4 is 26.6 Å². The topological polar surface area (TPSA) is 97.5 Å². The molecule has 6 atom stereocenters. The van der Waals surface area contributed by atoms with Gasteiger partial charge in [-0.2, -0.15) is 0 Å². The molecule has 8 nitrogen and oxygen atoms in total. The SMILES string of the molecule is CC1NC(C)C(C(=O)N2CCC(CCCCNC(=O)C3CC4CNCCC4N3)CC2)N1. The van der Waals surface area contributed by atoms with Crippen LogP contribution in [0.4, 0.5) is 0 Å². The van der Waals surface area contributed by atoms with Crippen molar-refractivity contribution in [1.82, 2.24) is 31.5 Å². The van der Waals surface area contributed by atoms with Gasteiger partial charge in [0.25, 0.3) is 0 Å². The molecular formula is C23H42N6O2. The molecular weight excluding hydrogens is 392 g/mol. The van der Waals surface area contributed by atoms with E-state index in [0.717, 1.165) is 71.2 Å². The Kier molecular flexibility index (Phi) is 7.85. The quantitative estimate of drug-likeness (QED) is 0.366. The van der Waals surface area contributed by atoms with E-state index in [0.29, 0.717) is 17.9 Å². The summed E-state index contributed by atoms with van der Waals surface area (Å²) in [7, 11) is 0. The van der Waals surface area contributed by atoms with E-state index in [1.807, 2.05) is 4.90 Å². The number of hydrogen-bond donors (Lipinski definition) is 5. The number of rotatable bonds is 7. The summed E-state index contributed by atoms with van der Waals surface area (Å²) in [5.41, 5.74) is 0. The molecule has 0 aliphatic carbocycles. The maximum atomic E-state index is 12.8. The highest BCUT2D eigenvalue weighted by atomic mass is 16.2. The molecule has 8 heteroatoms. The van der Waals surface area contributed by atoms with Gasteiger partial charge in [-0.3, -0.25) is 20.2 Å². The lowest BCUT2D eigenvalue weighted by molar-refractivity contribution is -0.134. The third kappa shape index (κ3) is 5.78. The second kappa shape index (κ2) is 10.6. The van der Waals surface area contributed by atoms with Gasteiger partial charge in [-0.05, 0) is 70.9 Å². The minimum absolute atomic E-state index is 0.00738. The fourth-order valence-electron chi connectivity index (χ4n) is 5.97. The molecule has 0 aromatic rings. The zero-order valence-electron chi connectivity index (χ0n) is 19.3. The van der Waals surface area contributed by atoms with E-state index in [-0.39, 0.29) is 36.1 Å². The third-order valence-electron chi connectivity index (χ3n) is 7.85. The maximum Gasteiger partial charge on any atom is 0.241 e. The lowest BCUT2D eigenvalue weighted by Crippen LogP contribution is -2.50. The summed E-state index contributed by atoms with van der Waals surface area (Å²) in [6.07, 6.45) is 7.89. The Balaban J connectivity index is 1.06. The van der Waals surface area contributed by atoms with Gasteiger partial charge in [-0.15, -0.1) is 0 Å². The summed E-state index contributed by atoms with van der Waals surface area (Å²) in [6.45, 7) is 8.78. The van der Waals surface area contributed by atoms with Crippen molar-refractivity contribution < 1.29 is 9.59 Å². The van der Waals surface area contributed by atoms with Gasteiger partial charge in [-0.1, -0.05) is 12.8 Å². The fraction of sp³-hybridized carbons (Fsp3) is 0.913. The molecule has 0 saturated carbocycles. The van der Waals surface area contributed by atoms with Gasteiger partial charge in [0.2, 0.25) is 11.8 Å². The molecule has 0 bridgehead atoms. The first-order valence-electron chi connectivity index (χ1n) is 12.6. The Morgan fingerprint density at radius 3 is 2.55 bits per heavy atom. The van der Waals surface area contributed by atoms with Gasteiger partial charge in [0, 0.05) is 31.7 Å². The van der Waals surface area contributed by atoms with Gasteiger partial charge in [0.05, 0.1) is 12.2 Å². The van der Waals surface area contributed by atoms with Crippen molar-refractivity contribution in [3.63, 3.8) is 0 Å². The third-order valence-corrected chi connectivity index (χ3v) is 7.85. The van der Waals surface area contributed by atoms with Crippen molar-refractivity contribution in [2.75, 3.05) is 32.7 Å². The van der Waals surface area contributed by atoms with Crippen molar-refractivity contribution >= 4 is 11.8 Å². The van der Waals surface area contributed by atoms with Crippen LogP contribution in [0, 0.1) is 11.8 Å². The zero-order chi connectivity index (χ0) is 21.8. The first kappa shape index (κ1) is 23.0. The Morgan fingerprint density at radius 2 is 1.84 bits per heavy atom. The normalized spacial score (nSPS) is 36.4. The molecule has 0 spiro atoms. The summed E-state index contributed by atoms with van der Waals surface area (Å²) in [5.74, 6) is 1.74. The van der Waals surface area contributed by atoms with Gasteiger partial charge < -0.3 is 20.9 Å². The number of nitrogens with one attached hydrogen (secondary N) is 5. The van der Waals surface area contributed by atoms with Crippen molar-refractivity contribution in [3.05, 3.63) is 0 Å². The first-order chi connectivity index (χ1) is 15.0. The fourth-order valence-corrected chi connectivity index (χ4v) is 5.97. The van der Waals surface area contributed by atoms with Crippen LogP contribution in [0.1, 0.15) is 58.8 Å². The van der Waals surface area contributed by atoms with Crippen LogP contribution >= 0.6 is 0 Å². The number of carbonyl (C=O) groups is 2. The number of unbranched alkanes of at least 4 members (excludes halogenated alkanes) is 1. The monoisotopic (exact) mass is 434 g/mol. The summed E-state index contributed by atoms with van der Waals surface area (Å²) < 4.78 is 0. The van der Waals surface area contributed by atoms with E-state index >= 15 is 0 Å². The molecule has 0 aromatic carbocycles. The molecule has 4 fully saturated rings. The largest absolute Gasteiger partial charge is 0.355 e. The van der Waals surface area contributed by atoms with Crippen LogP contribution in [0.5, 0.6) is 0 Å². The average Bonchev–Trinajstić information content (AvgIpc) is 3.36. The highest BCUT2D eigenvalue weighted by molar-refractivity contribution is 5.83. The summed E-state index contributed by atoms with van der Waals surface area (Å²) in [6, 6.07) is 0.606. The van der Waals surface area contributed by atoms with Crippen LogP contribution in [-0.2, 0) is 9.59 Å². The Labute approximate surface area is 187 Å². The van der Waals surface area contributed by atoms with Crippen molar-refractivity contribution in [1.29, 1.82) is 0 Å². The van der Waals surface area contributed by atoms with E-state index in [1.165, 1.54) is 6.42 Å². The van der Waals surface area contributed by atoms with Crippen LogP contribution in [0.3, 0.4) is 0 Å². The van der Waals surface area contributed by atoms with Crippen LogP contribution in [0.2, 0.25) is 0 Å². The molecule has 4 heterocycles. The Bertz CT molecular complexity index is 609. The van der Waals surface area contributed by atoms with Gasteiger partial charge in [0.15, 0.2) is 0 Å². The minimum atomic E-state index is -0.0928. The number of carbonyl (C=O) groups excluding carboxylic acids is 2. The van der Waals surface area contributed by atoms with Crippen LogP contribution in [0.25, 0.3) is 0 Å². The lowest BCUT2D eigenvalue weighted by atomic mass is 9.91. The molecule has 4 rings (SSSR count). The molecule has 0 aromatic heterocycles. The maximum absolute atomic E-state index is 12.8. The highest BCUT2D eigenvalue weighted by Crippen LogP contribution is 2.25. The Morgan fingerprint density at radius 1 is 1.03 bits per heavy atom. The molecule has 2 amide bonds. The first-order valence-corrected chi connectivity index (χ1v) is 12.6. The second-order valence-electron chi connectivity index (χ2n) is 10.2. The molecule has 31 heavy (non-hydrogen) atoms. The second-order valence-corrected chi connectivity index (χ2v) is 10.2. The number of hydrogen-bond acceptors (Lipinski definition) is 6. The number of fused-ring (bicyclic) bond motifs is 1. The minimum Gasteiger partial charge on any atom is -0.355 e. The standard InChI is InChI=1S/C23H42N6O2/c1-15-21(27-16(2)26-15)23(31)29-11-7-17(8-12-29)5-3-4-9-25-22(30)20-13-18-14-24-10-6-19(18)28-20/h15-21,24,26-28H,3-14H2,1-2H3,(H,25,30). The van der Waals surface area contributed by atoms with Gasteiger partial charge >= 0.3 is 0 Å². The average molecular weight is 435 g/mol. The van der Waals surface area contributed by atoms with E-state index in [2.05, 4.69) is 40.4 Å². The zero-order valence-corrected chi connectivity index (χ0v) is 19.3. The molecule has 176 valence electrons. The molecule has 5 N–H and O–H groups in total. The highest BCUT2D eigenvalue weighted by Gasteiger charge is 2.38. The van der Waals surface area contributed by atoms with Crippen LogP contribution in [-0.4, -0.2) is 79.8 Å². The van der Waals surface area contributed by atoms with Crippen LogP contribution in [0.15, 0.2) is 0 Å². The molecule has 6 unspecified atom stereocenters. The summed E-state index contributed by atoms with van der Waals surface area (Å²) in [4.78, 5) is 27.3. The summed E-state index contributed by atoms with van der Waals surface area (Å²) >= 11 is 0. The van der Waals surface area contributed by atoms with E-state index in [9.17, 15) is 9.59 Å². The molecule has 4 aliphatic rings. The Hall–Kier alpha value is -1.22. The van der Waals surface area contributed by atoms with E-state index in [4.69, 9.17) is 0 Å². The predicted molar refractivity (Wildman–Crippen MR) is 121 cm³/mol. The summed E-state index contributed by atoms with van der Waals surface area (Å²) in [5, 5.41) is 16.8. The lowest BCUT2D eigenvalue weighted by Gasteiger charge is -2.34. The van der Waals surface area contributed by atoms with Gasteiger partial charge in [0.1, 0.15) is 6.04 Å². The van der Waals surface area contributed by atoms with Crippen molar-refractivity contribution in [2.24, 2.45) is 11.8 Å². The molecule has 4 aliphatic heterocycles. The van der Waals surface area contributed by atoms with E-state index < -0.39 is 0 Å². The number of amides is 2. The van der Waals surface area contributed by atoms with Crippen molar-refractivity contribution in [2.45, 2.75) is 89.1 Å². The van der Waals surface area contributed by atoms with E-state index in [1.54, 1.807) is 0 Å². The predicted octanol–water partition coefficient (Wildman–Crippen LogP) is 0.147. The van der Waals surface area contributed by atoms with Crippen molar-refractivity contribution in [3.8, 4) is 0 Å². The van der Waals surface area contributed by atoms with Gasteiger partial charge in [-0.25, -0.2) is 0 Å². The smallest absolute Gasteiger partial charge is 0.241 e. The molecule has 4 saturated heterocycles.